The van der Waals surface area contributed by atoms with Gasteiger partial charge in [-0.2, -0.15) is 4.80 Å². The van der Waals surface area contributed by atoms with Crippen molar-refractivity contribution >= 4 is 45.8 Å². The molecule has 0 aliphatic heterocycles. The third kappa shape index (κ3) is 4.81. The lowest BCUT2D eigenvalue weighted by Crippen LogP contribution is -2.20. The fraction of sp³-hybridized carbons (Fsp3) is 0.174. The van der Waals surface area contributed by atoms with Crippen molar-refractivity contribution in [2.24, 2.45) is 0 Å². The number of nitrogens with one attached hydrogen (secondary N) is 1. The summed E-state index contributed by atoms with van der Waals surface area (Å²) in [5, 5.41) is 12.7. The molecule has 31 heavy (non-hydrogen) atoms. The number of ether oxygens (including phenoxy) is 1. The summed E-state index contributed by atoms with van der Waals surface area (Å²) in [7, 11) is 0. The monoisotopic (exact) mass is 454 g/mol. The van der Waals surface area contributed by atoms with E-state index >= 15 is 0 Å². The van der Waals surface area contributed by atoms with E-state index in [1.807, 2.05) is 25.1 Å². The molecule has 0 bridgehead atoms. The Morgan fingerprint density at radius 3 is 2.48 bits per heavy atom. The third-order valence-corrected chi connectivity index (χ3v) is 5.28. The summed E-state index contributed by atoms with van der Waals surface area (Å²) in [6.45, 7) is 3.75. The summed E-state index contributed by atoms with van der Waals surface area (Å²) in [5.41, 5.74) is 4.90. The van der Waals surface area contributed by atoms with Crippen LogP contribution in [0.5, 0.6) is 5.75 Å². The number of anilines is 1. The minimum absolute atomic E-state index is 0.184. The van der Waals surface area contributed by atoms with Crippen molar-refractivity contribution in [2.45, 2.75) is 20.3 Å². The van der Waals surface area contributed by atoms with Gasteiger partial charge in [0.05, 0.1) is 10.7 Å². The van der Waals surface area contributed by atoms with Crippen LogP contribution in [0, 0.1) is 6.92 Å². The van der Waals surface area contributed by atoms with Crippen LogP contribution in [0.1, 0.15) is 18.1 Å². The molecule has 1 heterocycles. The molecule has 0 aliphatic rings. The van der Waals surface area contributed by atoms with Crippen LogP contribution in [0.15, 0.2) is 54.6 Å². The summed E-state index contributed by atoms with van der Waals surface area (Å²) in [4.78, 5) is 13.9. The number of benzene rings is 3. The topological polar surface area (TPSA) is 69.0 Å². The van der Waals surface area contributed by atoms with E-state index in [4.69, 9.17) is 27.9 Å². The van der Waals surface area contributed by atoms with Gasteiger partial charge in [-0.15, -0.1) is 10.2 Å². The number of aryl methyl sites for hydroxylation is 2. The van der Waals surface area contributed by atoms with Crippen LogP contribution in [0.2, 0.25) is 10.0 Å². The average Bonchev–Trinajstić information content (AvgIpc) is 3.16. The second-order valence-corrected chi connectivity index (χ2v) is 7.93. The Morgan fingerprint density at radius 2 is 1.77 bits per heavy atom. The highest BCUT2D eigenvalue weighted by atomic mass is 35.5. The van der Waals surface area contributed by atoms with Gasteiger partial charge < -0.3 is 10.1 Å². The fourth-order valence-corrected chi connectivity index (χ4v) is 3.83. The van der Waals surface area contributed by atoms with Gasteiger partial charge in [0.25, 0.3) is 5.91 Å². The molecule has 0 saturated heterocycles. The Kier molecular flexibility index (Phi) is 6.11. The molecule has 0 aliphatic carbocycles. The summed E-state index contributed by atoms with van der Waals surface area (Å²) < 4.78 is 5.59. The Labute approximate surface area is 189 Å². The van der Waals surface area contributed by atoms with E-state index in [0.29, 0.717) is 27.0 Å². The number of hydrogen-bond acceptors (Lipinski definition) is 4. The van der Waals surface area contributed by atoms with E-state index in [2.05, 4.69) is 34.6 Å². The second-order valence-electron chi connectivity index (χ2n) is 7.08. The van der Waals surface area contributed by atoms with Crippen molar-refractivity contribution < 1.29 is 9.53 Å². The van der Waals surface area contributed by atoms with Crippen molar-refractivity contribution in [3.63, 3.8) is 0 Å². The molecule has 0 spiro atoms. The summed E-state index contributed by atoms with van der Waals surface area (Å²) >= 11 is 12.1. The van der Waals surface area contributed by atoms with Crippen LogP contribution in [0.3, 0.4) is 0 Å². The van der Waals surface area contributed by atoms with Gasteiger partial charge in [-0.05, 0) is 66.9 Å². The van der Waals surface area contributed by atoms with E-state index in [1.54, 1.807) is 29.1 Å². The summed E-state index contributed by atoms with van der Waals surface area (Å²) in [5.74, 6) is 0.126. The van der Waals surface area contributed by atoms with E-state index in [-0.39, 0.29) is 12.5 Å². The van der Waals surface area contributed by atoms with Crippen molar-refractivity contribution in [2.75, 3.05) is 11.9 Å². The van der Waals surface area contributed by atoms with Crippen molar-refractivity contribution in [3.05, 3.63) is 75.8 Å². The Morgan fingerprint density at radius 1 is 1.03 bits per heavy atom. The molecule has 0 atom stereocenters. The minimum Gasteiger partial charge on any atom is -0.482 e. The molecule has 4 aromatic rings. The first-order valence-corrected chi connectivity index (χ1v) is 10.5. The first-order chi connectivity index (χ1) is 14.9. The Balaban J connectivity index is 1.45. The normalized spacial score (nSPS) is 11.0. The number of fused-ring (bicyclic) bond motifs is 1. The van der Waals surface area contributed by atoms with Gasteiger partial charge in [-0.1, -0.05) is 42.3 Å². The molecule has 1 N–H and O–H groups in total. The molecule has 158 valence electrons. The van der Waals surface area contributed by atoms with Gasteiger partial charge in [0.1, 0.15) is 16.8 Å². The van der Waals surface area contributed by atoms with Crippen molar-refractivity contribution in [1.29, 1.82) is 0 Å². The predicted molar refractivity (Wildman–Crippen MR) is 124 cm³/mol. The molecule has 0 fully saturated rings. The number of aromatic nitrogens is 3. The Bertz CT molecular complexity index is 1230. The molecule has 4 rings (SSSR count). The quantitative estimate of drug-likeness (QED) is 0.410. The molecule has 0 unspecified atom stereocenters. The number of rotatable bonds is 6. The summed E-state index contributed by atoms with van der Waals surface area (Å²) in [6, 6.07) is 16.8. The highest BCUT2D eigenvalue weighted by Crippen LogP contribution is 2.31. The predicted octanol–water partition coefficient (Wildman–Crippen LogP) is 5.62. The number of nitrogens with zero attached hydrogens (tertiary/aromatic N) is 3. The van der Waals surface area contributed by atoms with Gasteiger partial charge in [0.2, 0.25) is 0 Å². The van der Waals surface area contributed by atoms with Crippen LogP contribution in [-0.4, -0.2) is 27.5 Å². The van der Waals surface area contributed by atoms with E-state index < -0.39 is 0 Å². The standard InChI is InChI=1S/C23H20Cl2N4O2/c1-3-15-4-7-18(8-5-15)29-27-20-9-6-17(12-21(20)28-29)26-22(30)13-31-23-14(2)10-16(24)11-19(23)25/h4-12H,3,13H2,1-2H3,(H,26,30). The highest BCUT2D eigenvalue weighted by molar-refractivity contribution is 6.35. The fourth-order valence-electron chi connectivity index (χ4n) is 3.18. The molecule has 8 heteroatoms. The summed E-state index contributed by atoms with van der Waals surface area (Å²) in [6.07, 6.45) is 0.978. The van der Waals surface area contributed by atoms with Gasteiger partial charge in [-0.3, -0.25) is 4.79 Å². The maximum atomic E-state index is 12.4. The van der Waals surface area contributed by atoms with Gasteiger partial charge in [0, 0.05) is 10.7 Å². The van der Waals surface area contributed by atoms with Crippen LogP contribution in [0.4, 0.5) is 5.69 Å². The van der Waals surface area contributed by atoms with E-state index in [9.17, 15) is 4.79 Å². The lowest BCUT2D eigenvalue weighted by atomic mass is 10.2. The van der Waals surface area contributed by atoms with Gasteiger partial charge >= 0.3 is 0 Å². The number of carbonyl (C=O) groups is 1. The second kappa shape index (κ2) is 8.96. The first-order valence-electron chi connectivity index (χ1n) is 9.77. The average molecular weight is 455 g/mol. The lowest BCUT2D eigenvalue weighted by Gasteiger charge is -2.11. The van der Waals surface area contributed by atoms with E-state index in [0.717, 1.165) is 23.2 Å². The Hall–Kier alpha value is -3.09. The molecule has 1 aromatic heterocycles. The van der Waals surface area contributed by atoms with Crippen molar-refractivity contribution in [3.8, 4) is 11.4 Å². The zero-order valence-corrected chi connectivity index (χ0v) is 18.5. The number of amides is 1. The number of carbonyl (C=O) groups excluding carboxylic acids is 1. The van der Waals surface area contributed by atoms with Crippen LogP contribution in [-0.2, 0) is 11.2 Å². The molecule has 0 saturated carbocycles. The zero-order valence-electron chi connectivity index (χ0n) is 17.0. The molecule has 3 aromatic carbocycles. The number of hydrogen-bond donors (Lipinski definition) is 1. The zero-order chi connectivity index (χ0) is 22.0. The van der Waals surface area contributed by atoms with Crippen LogP contribution in [0.25, 0.3) is 16.7 Å². The van der Waals surface area contributed by atoms with E-state index in [1.165, 1.54) is 5.56 Å². The first kappa shape index (κ1) is 21.2. The SMILES string of the molecule is CCc1ccc(-n2nc3ccc(NC(=O)COc4c(C)cc(Cl)cc4Cl)cc3n2)cc1. The molecule has 0 radical (unpaired) electrons. The molecule has 1 amide bonds. The lowest BCUT2D eigenvalue weighted by molar-refractivity contribution is -0.118. The highest BCUT2D eigenvalue weighted by Gasteiger charge is 2.12. The van der Waals surface area contributed by atoms with Crippen LogP contribution < -0.4 is 10.1 Å². The third-order valence-electron chi connectivity index (χ3n) is 4.78. The molecule has 6 nitrogen and oxygen atoms in total. The van der Waals surface area contributed by atoms with Crippen molar-refractivity contribution in [1.82, 2.24) is 15.0 Å². The molecular weight excluding hydrogens is 435 g/mol. The van der Waals surface area contributed by atoms with Crippen LogP contribution >= 0.6 is 23.2 Å². The molecular formula is C23H20Cl2N4O2. The van der Waals surface area contributed by atoms with Gasteiger partial charge in [0.15, 0.2) is 6.61 Å². The van der Waals surface area contributed by atoms with Gasteiger partial charge in [-0.25, -0.2) is 0 Å². The maximum Gasteiger partial charge on any atom is 0.262 e. The number of halogens is 2. The largest absolute Gasteiger partial charge is 0.482 e. The maximum absolute atomic E-state index is 12.4. The smallest absolute Gasteiger partial charge is 0.262 e. The minimum atomic E-state index is -0.313.